The van der Waals surface area contributed by atoms with Crippen LogP contribution in [0.2, 0.25) is 0 Å². The van der Waals surface area contributed by atoms with E-state index in [1.807, 2.05) is 0 Å². The lowest BCUT2D eigenvalue weighted by Gasteiger charge is -2.46. The Morgan fingerprint density at radius 1 is 1.15 bits per heavy atom. The van der Waals surface area contributed by atoms with Crippen molar-refractivity contribution < 1.29 is 9.47 Å². The minimum Gasteiger partial charge on any atom is -0.381 e. The number of hydrogen-bond donors (Lipinski definition) is 1. The zero-order chi connectivity index (χ0) is 14.6. The van der Waals surface area contributed by atoms with Gasteiger partial charge in [0.1, 0.15) is 0 Å². The third kappa shape index (κ3) is 4.17. The number of morpholine rings is 1. The Balaban J connectivity index is 1.94. The van der Waals surface area contributed by atoms with E-state index in [2.05, 4.69) is 37.9 Å². The van der Waals surface area contributed by atoms with Crippen LogP contribution in [-0.4, -0.2) is 63.0 Å². The van der Waals surface area contributed by atoms with E-state index < -0.39 is 0 Å². The quantitative estimate of drug-likeness (QED) is 0.806. The van der Waals surface area contributed by atoms with Gasteiger partial charge in [0.25, 0.3) is 0 Å². The summed E-state index contributed by atoms with van der Waals surface area (Å²) in [6, 6.07) is 0. The lowest BCUT2D eigenvalue weighted by atomic mass is 9.84. The average molecular weight is 284 g/mol. The fourth-order valence-electron chi connectivity index (χ4n) is 3.18. The van der Waals surface area contributed by atoms with Crippen LogP contribution in [0.5, 0.6) is 0 Å². The molecule has 2 rings (SSSR count). The number of rotatable bonds is 6. The van der Waals surface area contributed by atoms with Crippen LogP contribution in [0.15, 0.2) is 0 Å². The fourth-order valence-corrected chi connectivity index (χ4v) is 3.18. The molecule has 118 valence electrons. The SMILES string of the molecule is CC(C)CNCC1(CN2CCOCC2(C)C)CCOC1. The molecule has 2 fully saturated rings. The van der Waals surface area contributed by atoms with Crippen LogP contribution >= 0.6 is 0 Å². The summed E-state index contributed by atoms with van der Waals surface area (Å²) in [6.07, 6.45) is 1.17. The van der Waals surface area contributed by atoms with Gasteiger partial charge in [-0.3, -0.25) is 4.90 Å². The first-order valence-corrected chi connectivity index (χ1v) is 8.05. The Labute approximate surface area is 124 Å². The summed E-state index contributed by atoms with van der Waals surface area (Å²) in [5.74, 6) is 0.703. The van der Waals surface area contributed by atoms with E-state index in [-0.39, 0.29) is 11.0 Å². The molecule has 0 aromatic rings. The highest BCUT2D eigenvalue weighted by molar-refractivity contribution is 4.94. The third-order valence-corrected chi connectivity index (χ3v) is 4.58. The van der Waals surface area contributed by atoms with Crippen molar-refractivity contribution in [2.24, 2.45) is 11.3 Å². The summed E-state index contributed by atoms with van der Waals surface area (Å²) < 4.78 is 11.4. The highest BCUT2D eigenvalue weighted by Gasteiger charge is 2.41. The molecule has 2 aliphatic heterocycles. The highest BCUT2D eigenvalue weighted by atomic mass is 16.5. The smallest absolute Gasteiger partial charge is 0.0645 e. The van der Waals surface area contributed by atoms with Crippen LogP contribution in [0.4, 0.5) is 0 Å². The zero-order valence-electron chi connectivity index (χ0n) is 13.7. The summed E-state index contributed by atoms with van der Waals surface area (Å²) in [5.41, 5.74) is 0.426. The summed E-state index contributed by atoms with van der Waals surface area (Å²) in [4.78, 5) is 2.60. The molecule has 0 aromatic carbocycles. The molecule has 0 aliphatic carbocycles. The van der Waals surface area contributed by atoms with Crippen LogP contribution in [0, 0.1) is 11.3 Å². The highest BCUT2D eigenvalue weighted by Crippen LogP contribution is 2.32. The molecular weight excluding hydrogens is 252 g/mol. The molecule has 0 saturated carbocycles. The molecule has 0 bridgehead atoms. The molecular formula is C16H32N2O2. The molecule has 20 heavy (non-hydrogen) atoms. The van der Waals surface area contributed by atoms with Gasteiger partial charge in [-0.1, -0.05) is 13.8 Å². The van der Waals surface area contributed by atoms with Crippen LogP contribution in [0.1, 0.15) is 34.1 Å². The fraction of sp³-hybridized carbons (Fsp3) is 1.00. The maximum Gasteiger partial charge on any atom is 0.0645 e. The van der Waals surface area contributed by atoms with E-state index >= 15 is 0 Å². The van der Waals surface area contributed by atoms with Crippen molar-refractivity contribution in [2.75, 3.05) is 52.6 Å². The van der Waals surface area contributed by atoms with Crippen molar-refractivity contribution in [1.29, 1.82) is 0 Å². The van der Waals surface area contributed by atoms with Crippen molar-refractivity contribution in [3.63, 3.8) is 0 Å². The standard InChI is InChI=1S/C16H32N2O2/c1-14(2)9-17-10-16(5-7-19-13-16)11-18-6-8-20-12-15(18,3)4/h14,17H,5-13H2,1-4H3. The molecule has 0 amide bonds. The van der Waals surface area contributed by atoms with E-state index in [4.69, 9.17) is 9.47 Å². The topological polar surface area (TPSA) is 33.7 Å². The molecule has 0 radical (unpaired) electrons. The number of hydrogen-bond acceptors (Lipinski definition) is 4. The first-order valence-electron chi connectivity index (χ1n) is 8.05. The average Bonchev–Trinajstić information content (AvgIpc) is 2.80. The number of nitrogens with zero attached hydrogens (tertiary/aromatic N) is 1. The van der Waals surface area contributed by atoms with E-state index in [9.17, 15) is 0 Å². The minimum absolute atomic E-state index is 0.145. The van der Waals surface area contributed by atoms with Gasteiger partial charge in [-0.15, -0.1) is 0 Å². The summed E-state index contributed by atoms with van der Waals surface area (Å²) in [7, 11) is 0. The Morgan fingerprint density at radius 3 is 2.50 bits per heavy atom. The maximum absolute atomic E-state index is 5.73. The Kier molecular flexibility index (Phi) is 5.46. The number of nitrogens with one attached hydrogen (secondary N) is 1. The Hall–Kier alpha value is -0.160. The lowest BCUT2D eigenvalue weighted by Crippen LogP contribution is -2.57. The molecule has 2 saturated heterocycles. The summed E-state index contributed by atoms with van der Waals surface area (Å²) in [6.45, 7) is 16.9. The van der Waals surface area contributed by atoms with Gasteiger partial charge in [-0.2, -0.15) is 0 Å². The molecule has 1 atom stereocenters. The predicted octanol–water partition coefficient (Wildman–Crippen LogP) is 1.75. The van der Waals surface area contributed by atoms with Gasteiger partial charge in [0.15, 0.2) is 0 Å². The van der Waals surface area contributed by atoms with Crippen LogP contribution < -0.4 is 5.32 Å². The van der Waals surface area contributed by atoms with Crippen molar-refractivity contribution in [3.8, 4) is 0 Å². The van der Waals surface area contributed by atoms with Gasteiger partial charge >= 0.3 is 0 Å². The van der Waals surface area contributed by atoms with Crippen molar-refractivity contribution >= 4 is 0 Å². The second-order valence-electron chi connectivity index (χ2n) is 7.61. The normalized spacial score (nSPS) is 31.1. The van der Waals surface area contributed by atoms with E-state index in [0.29, 0.717) is 5.92 Å². The van der Waals surface area contributed by atoms with E-state index in [0.717, 1.165) is 52.6 Å². The third-order valence-electron chi connectivity index (χ3n) is 4.58. The summed E-state index contributed by atoms with van der Waals surface area (Å²) in [5, 5.41) is 3.65. The molecule has 0 aromatic heterocycles. The number of ether oxygens (including phenoxy) is 2. The van der Waals surface area contributed by atoms with Crippen LogP contribution in [-0.2, 0) is 9.47 Å². The summed E-state index contributed by atoms with van der Waals surface area (Å²) >= 11 is 0. The molecule has 4 nitrogen and oxygen atoms in total. The van der Waals surface area contributed by atoms with Gasteiger partial charge in [-0.05, 0) is 32.7 Å². The Morgan fingerprint density at radius 2 is 1.90 bits per heavy atom. The van der Waals surface area contributed by atoms with E-state index in [1.54, 1.807) is 0 Å². The molecule has 2 aliphatic rings. The maximum atomic E-state index is 5.73. The van der Waals surface area contributed by atoms with Gasteiger partial charge in [0.2, 0.25) is 0 Å². The molecule has 1 unspecified atom stereocenters. The molecule has 2 heterocycles. The molecule has 4 heteroatoms. The monoisotopic (exact) mass is 284 g/mol. The second-order valence-corrected chi connectivity index (χ2v) is 7.61. The largest absolute Gasteiger partial charge is 0.381 e. The van der Waals surface area contributed by atoms with Gasteiger partial charge < -0.3 is 14.8 Å². The van der Waals surface area contributed by atoms with Gasteiger partial charge in [-0.25, -0.2) is 0 Å². The second kappa shape index (κ2) is 6.73. The first kappa shape index (κ1) is 16.2. The van der Waals surface area contributed by atoms with Crippen molar-refractivity contribution in [2.45, 2.75) is 39.7 Å². The molecule has 1 N–H and O–H groups in total. The van der Waals surface area contributed by atoms with Gasteiger partial charge in [0.05, 0.1) is 19.8 Å². The van der Waals surface area contributed by atoms with Crippen molar-refractivity contribution in [1.82, 2.24) is 10.2 Å². The van der Waals surface area contributed by atoms with Gasteiger partial charge in [0, 0.05) is 37.2 Å². The van der Waals surface area contributed by atoms with Crippen molar-refractivity contribution in [3.05, 3.63) is 0 Å². The van der Waals surface area contributed by atoms with E-state index in [1.165, 1.54) is 6.42 Å². The zero-order valence-corrected chi connectivity index (χ0v) is 13.7. The van der Waals surface area contributed by atoms with Crippen LogP contribution in [0.25, 0.3) is 0 Å². The Bertz CT molecular complexity index is 299. The predicted molar refractivity (Wildman–Crippen MR) is 82.0 cm³/mol. The van der Waals surface area contributed by atoms with Crippen LogP contribution in [0.3, 0.4) is 0 Å². The first-order chi connectivity index (χ1) is 9.44. The minimum atomic E-state index is 0.145. The molecule has 0 spiro atoms. The lowest BCUT2D eigenvalue weighted by molar-refractivity contribution is -0.0688.